The van der Waals surface area contributed by atoms with Crippen LogP contribution in [0.5, 0.6) is 0 Å². The Morgan fingerprint density at radius 2 is 2.06 bits per heavy atom. The third kappa shape index (κ3) is 2.63. The molecule has 0 aliphatic heterocycles. The largest absolute Gasteiger partial charge is 0.381 e. The zero-order valence-electron chi connectivity index (χ0n) is 10.4. The summed E-state index contributed by atoms with van der Waals surface area (Å²) in [5, 5.41) is 3.58. The minimum atomic E-state index is 0.483. The fourth-order valence-corrected chi connectivity index (χ4v) is 2.22. The molecule has 1 fully saturated rings. The second-order valence-electron chi connectivity index (χ2n) is 4.84. The van der Waals surface area contributed by atoms with E-state index >= 15 is 0 Å². The van der Waals surface area contributed by atoms with Crippen molar-refractivity contribution >= 4 is 0 Å². The molecule has 0 radical (unpaired) electrons. The van der Waals surface area contributed by atoms with Crippen molar-refractivity contribution in [3.8, 4) is 0 Å². The van der Waals surface area contributed by atoms with Crippen LogP contribution in [-0.2, 0) is 11.3 Å². The van der Waals surface area contributed by atoms with E-state index in [9.17, 15) is 0 Å². The summed E-state index contributed by atoms with van der Waals surface area (Å²) in [6, 6.07) is 7.30. The average molecular weight is 219 g/mol. The quantitative estimate of drug-likeness (QED) is 0.840. The lowest BCUT2D eigenvalue weighted by atomic mass is 9.89. The molecule has 0 heterocycles. The van der Waals surface area contributed by atoms with Gasteiger partial charge in [-0.2, -0.15) is 0 Å². The van der Waals surface area contributed by atoms with Crippen LogP contribution in [0.15, 0.2) is 18.2 Å². The summed E-state index contributed by atoms with van der Waals surface area (Å²) in [7, 11) is 1.80. The van der Waals surface area contributed by atoms with Crippen molar-refractivity contribution in [3.05, 3.63) is 34.9 Å². The van der Waals surface area contributed by atoms with Crippen molar-refractivity contribution < 1.29 is 4.74 Å². The Hall–Kier alpha value is -0.860. The maximum atomic E-state index is 5.27. The number of aryl methyl sites for hydroxylation is 2. The van der Waals surface area contributed by atoms with Crippen molar-refractivity contribution in [2.24, 2.45) is 0 Å². The van der Waals surface area contributed by atoms with Crippen LogP contribution >= 0.6 is 0 Å². The van der Waals surface area contributed by atoms with E-state index in [4.69, 9.17) is 4.74 Å². The molecule has 2 rings (SSSR count). The van der Waals surface area contributed by atoms with Gasteiger partial charge in [-0.25, -0.2) is 0 Å². The van der Waals surface area contributed by atoms with E-state index in [1.165, 1.54) is 16.7 Å². The maximum absolute atomic E-state index is 5.27. The Labute approximate surface area is 98.0 Å². The summed E-state index contributed by atoms with van der Waals surface area (Å²) in [6.07, 6.45) is 2.79. The number of hydrogen-bond donors (Lipinski definition) is 1. The normalized spacial score (nSPS) is 24.2. The van der Waals surface area contributed by atoms with Gasteiger partial charge in [0, 0.05) is 19.7 Å². The molecule has 0 saturated heterocycles. The van der Waals surface area contributed by atoms with Crippen molar-refractivity contribution in [1.29, 1.82) is 0 Å². The Bertz CT molecular complexity index is 356. The highest BCUT2D eigenvalue weighted by Gasteiger charge is 2.28. The van der Waals surface area contributed by atoms with E-state index in [0.717, 1.165) is 19.4 Å². The minimum absolute atomic E-state index is 0.483. The lowest BCUT2D eigenvalue weighted by Gasteiger charge is -2.35. The molecule has 1 aliphatic carbocycles. The molecule has 1 aromatic carbocycles. The fourth-order valence-electron chi connectivity index (χ4n) is 2.22. The van der Waals surface area contributed by atoms with Crippen molar-refractivity contribution in [3.63, 3.8) is 0 Å². The summed E-state index contributed by atoms with van der Waals surface area (Å²) < 4.78 is 5.27. The second-order valence-corrected chi connectivity index (χ2v) is 4.84. The van der Waals surface area contributed by atoms with Crippen LogP contribution in [0.4, 0.5) is 0 Å². The first-order valence-corrected chi connectivity index (χ1v) is 6.01. The summed E-state index contributed by atoms with van der Waals surface area (Å²) in [4.78, 5) is 0. The van der Waals surface area contributed by atoms with E-state index < -0.39 is 0 Å². The van der Waals surface area contributed by atoms with Crippen LogP contribution in [0, 0.1) is 13.8 Å². The van der Waals surface area contributed by atoms with E-state index in [1.54, 1.807) is 7.11 Å². The molecule has 0 unspecified atom stereocenters. The van der Waals surface area contributed by atoms with Gasteiger partial charge < -0.3 is 10.1 Å². The molecule has 0 amide bonds. The summed E-state index contributed by atoms with van der Waals surface area (Å²) in [5.41, 5.74) is 4.13. The molecule has 16 heavy (non-hydrogen) atoms. The molecule has 88 valence electrons. The van der Waals surface area contributed by atoms with Gasteiger partial charge in [-0.3, -0.25) is 0 Å². The average Bonchev–Trinajstić information content (AvgIpc) is 2.18. The molecule has 1 N–H and O–H groups in total. The summed E-state index contributed by atoms with van der Waals surface area (Å²) in [5.74, 6) is 0. The van der Waals surface area contributed by atoms with Crippen molar-refractivity contribution in [1.82, 2.24) is 5.32 Å². The van der Waals surface area contributed by atoms with Gasteiger partial charge in [-0.1, -0.05) is 23.8 Å². The Kier molecular flexibility index (Phi) is 3.62. The molecule has 1 aliphatic rings. The first-order valence-electron chi connectivity index (χ1n) is 6.01. The van der Waals surface area contributed by atoms with Gasteiger partial charge in [0.05, 0.1) is 6.10 Å². The molecule has 1 saturated carbocycles. The van der Waals surface area contributed by atoms with E-state index in [0.29, 0.717) is 12.1 Å². The van der Waals surface area contributed by atoms with Gasteiger partial charge >= 0.3 is 0 Å². The fraction of sp³-hybridized carbons (Fsp3) is 0.571. The topological polar surface area (TPSA) is 21.3 Å². The number of rotatable bonds is 4. The molecular weight excluding hydrogens is 198 g/mol. The maximum Gasteiger partial charge on any atom is 0.0601 e. The van der Waals surface area contributed by atoms with Gasteiger partial charge in [0.2, 0.25) is 0 Å². The minimum Gasteiger partial charge on any atom is -0.381 e. The third-order valence-corrected chi connectivity index (χ3v) is 3.51. The number of hydrogen-bond acceptors (Lipinski definition) is 2. The van der Waals surface area contributed by atoms with Crippen LogP contribution in [0.3, 0.4) is 0 Å². The zero-order valence-corrected chi connectivity index (χ0v) is 10.4. The standard InChI is InChI=1S/C14H21NO/c1-10-4-5-12(11(2)6-10)9-15-13-7-14(8-13)16-3/h4-6,13-15H,7-9H2,1-3H3. The predicted molar refractivity (Wildman–Crippen MR) is 66.6 cm³/mol. The number of benzene rings is 1. The lowest BCUT2D eigenvalue weighted by molar-refractivity contribution is 0.0170. The highest BCUT2D eigenvalue weighted by molar-refractivity contribution is 5.30. The molecule has 0 bridgehead atoms. The molecule has 0 aromatic heterocycles. The molecule has 2 nitrogen and oxygen atoms in total. The van der Waals surface area contributed by atoms with Crippen molar-refractivity contribution in [2.75, 3.05) is 7.11 Å². The van der Waals surface area contributed by atoms with Crippen molar-refractivity contribution in [2.45, 2.75) is 45.4 Å². The van der Waals surface area contributed by atoms with Gasteiger partial charge in [0.25, 0.3) is 0 Å². The third-order valence-electron chi connectivity index (χ3n) is 3.51. The highest BCUT2D eigenvalue weighted by atomic mass is 16.5. The van der Waals surface area contributed by atoms with Gasteiger partial charge in [-0.05, 0) is 37.8 Å². The summed E-state index contributed by atoms with van der Waals surface area (Å²) >= 11 is 0. The Balaban J connectivity index is 1.82. The van der Waals surface area contributed by atoms with E-state index in [-0.39, 0.29) is 0 Å². The molecule has 0 spiro atoms. The Morgan fingerprint density at radius 3 is 2.69 bits per heavy atom. The smallest absolute Gasteiger partial charge is 0.0601 e. The van der Waals surface area contributed by atoms with Gasteiger partial charge in [-0.15, -0.1) is 0 Å². The highest BCUT2D eigenvalue weighted by Crippen LogP contribution is 2.23. The van der Waals surface area contributed by atoms with E-state index in [1.807, 2.05) is 0 Å². The predicted octanol–water partition coefficient (Wildman–Crippen LogP) is 2.57. The Morgan fingerprint density at radius 1 is 1.31 bits per heavy atom. The van der Waals surface area contributed by atoms with E-state index in [2.05, 4.69) is 37.4 Å². The van der Waals surface area contributed by atoms with Crippen LogP contribution in [-0.4, -0.2) is 19.3 Å². The molecule has 0 atom stereocenters. The van der Waals surface area contributed by atoms with Gasteiger partial charge in [0.1, 0.15) is 0 Å². The lowest BCUT2D eigenvalue weighted by Crippen LogP contribution is -2.44. The second kappa shape index (κ2) is 4.98. The monoisotopic (exact) mass is 219 g/mol. The SMILES string of the molecule is COC1CC(NCc2ccc(C)cc2C)C1. The molecular formula is C14H21NO. The molecule has 2 heteroatoms. The van der Waals surface area contributed by atoms with Crippen LogP contribution in [0.2, 0.25) is 0 Å². The van der Waals surface area contributed by atoms with Gasteiger partial charge in [0.15, 0.2) is 0 Å². The first-order chi connectivity index (χ1) is 7.69. The zero-order chi connectivity index (χ0) is 11.5. The van der Waals surface area contributed by atoms with Crippen LogP contribution in [0.1, 0.15) is 29.5 Å². The number of methoxy groups -OCH3 is 1. The number of ether oxygens (including phenoxy) is 1. The summed E-state index contributed by atoms with van der Waals surface area (Å²) in [6.45, 7) is 5.30. The van der Waals surface area contributed by atoms with Crippen LogP contribution < -0.4 is 5.32 Å². The van der Waals surface area contributed by atoms with Crippen LogP contribution in [0.25, 0.3) is 0 Å². The number of nitrogens with one attached hydrogen (secondary N) is 1. The first kappa shape index (κ1) is 11.6. The molecule has 1 aromatic rings.